The minimum Gasteiger partial charge on any atom is -0.482 e. The van der Waals surface area contributed by atoms with E-state index in [1.165, 1.54) is 41.4 Å². The molecular weight excluding hydrogens is 369 g/mol. The number of ether oxygens (including phenoxy) is 1. The van der Waals surface area contributed by atoms with Crippen LogP contribution in [0.5, 0.6) is 5.75 Å². The quantitative estimate of drug-likeness (QED) is 0.493. The maximum absolute atomic E-state index is 13.6. The second-order valence-electron chi connectivity index (χ2n) is 6.56. The van der Waals surface area contributed by atoms with Crippen LogP contribution < -0.4 is 10.6 Å². The second kappa shape index (κ2) is 9.07. The molecule has 1 heterocycles. The van der Waals surface area contributed by atoms with Crippen molar-refractivity contribution in [3.05, 3.63) is 35.9 Å². The predicted molar refractivity (Wildman–Crippen MR) is 101 cm³/mol. The first kappa shape index (κ1) is 19.5. The third-order valence-electron chi connectivity index (χ3n) is 4.28. The van der Waals surface area contributed by atoms with Gasteiger partial charge in [0.1, 0.15) is 6.61 Å². The zero-order valence-electron chi connectivity index (χ0n) is 15.3. The molecule has 1 aliphatic rings. The Labute approximate surface area is 162 Å². The first-order valence-corrected chi connectivity index (χ1v) is 10.0. The number of carbonyl (C=O) groups excluding carboxylic acids is 1. The molecule has 146 valence electrons. The highest BCUT2D eigenvalue weighted by Gasteiger charge is 2.26. The molecular formula is C18H24FN5O2S. The van der Waals surface area contributed by atoms with E-state index >= 15 is 0 Å². The van der Waals surface area contributed by atoms with Gasteiger partial charge in [-0.15, -0.1) is 10.2 Å². The fourth-order valence-corrected chi connectivity index (χ4v) is 3.40. The van der Waals surface area contributed by atoms with E-state index in [-0.39, 0.29) is 24.0 Å². The molecule has 0 aliphatic heterocycles. The number of nitrogens with zero attached hydrogens (tertiary/aromatic N) is 4. The van der Waals surface area contributed by atoms with E-state index in [9.17, 15) is 9.18 Å². The molecule has 1 aromatic heterocycles. The molecule has 1 aliphatic carbocycles. The lowest BCUT2D eigenvalue weighted by Crippen LogP contribution is -2.35. The highest BCUT2D eigenvalue weighted by molar-refractivity contribution is 7.99. The maximum atomic E-state index is 13.6. The number of amides is 1. The molecule has 0 radical (unpaired) electrons. The lowest BCUT2D eigenvalue weighted by molar-refractivity contribution is -0.128. The van der Waals surface area contributed by atoms with Crippen molar-refractivity contribution in [1.29, 1.82) is 0 Å². The van der Waals surface area contributed by atoms with Gasteiger partial charge in [-0.3, -0.25) is 4.79 Å². The van der Waals surface area contributed by atoms with Crippen molar-refractivity contribution in [1.82, 2.24) is 19.8 Å². The summed E-state index contributed by atoms with van der Waals surface area (Å²) in [7, 11) is 0. The average Bonchev–Trinajstić information content (AvgIpc) is 3.41. The summed E-state index contributed by atoms with van der Waals surface area (Å²) < 4.78 is 20.3. The third kappa shape index (κ3) is 5.35. The molecule has 1 amide bonds. The molecule has 1 aromatic carbocycles. The molecule has 2 aromatic rings. The number of hydrogen-bond donors (Lipinski definition) is 1. The number of nitrogens with two attached hydrogens (primary N) is 1. The van der Waals surface area contributed by atoms with Crippen LogP contribution in [0.1, 0.15) is 32.0 Å². The molecule has 0 atom stereocenters. The monoisotopic (exact) mass is 393 g/mol. The number of rotatable bonds is 10. The van der Waals surface area contributed by atoms with E-state index in [4.69, 9.17) is 10.6 Å². The van der Waals surface area contributed by atoms with Gasteiger partial charge in [-0.25, -0.2) is 9.07 Å². The van der Waals surface area contributed by atoms with Crippen LogP contribution >= 0.6 is 11.8 Å². The van der Waals surface area contributed by atoms with Gasteiger partial charge in [0.15, 0.2) is 17.4 Å². The molecule has 0 bridgehead atoms. The standard InChI is InChI=1S/C18H24FN5O2S/c1-2-9-23(10-13-7-8-13)17(25)12-27-18-22-21-16(24(18)20)11-26-15-6-4-3-5-14(15)19/h3-6,13H,2,7-12,20H2,1H3. The van der Waals surface area contributed by atoms with Crippen LogP contribution in [0.3, 0.4) is 0 Å². The van der Waals surface area contributed by atoms with Crippen LogP contribution in [-0.2, 0) is 11.4 Å². The lowest BCUT2D eigenvalue weighted by atomic mass is 10.3. The first-order valence-electron chi connectivity index (χ1n) is 9.05. The zero-order valence-corrected chi connectivity index (χ0v) is 16.1. The van der Waals surface area contributed by atoms with Gasteiger partial charge in [-0.1, -0.05) is 30.8 Å². The molecule has 9 heteroatoms. The normalized spacial score (nSPS) is 13.6. The molecule has 2 N–H and O–H groups in total. The Kier molecular flexibility index (Phi) is 6.54. The highest BCUT2D eigenvalue weighted by Crippen LogP contribution is 2.30. The van der Waals surface area contributed by atoms with Crippen LogP contribution in [0.2, 0.25) is 0 Å². The number of nitrogen functional groups attached to an aromatic ring is 1. The molecule has 1 fully saturated rings. The van der Waals surface area contributed by atoms with Crippen molar-refractivity contribution < 1.29 is 13.9 Å². The van der Waals surface area contributed by atoms with Crippen LogP contribution in [0, 0.1) is 11.7 Å². The van der Waals surface area contributed by atoms with Gasteiger partial charge >= 0.3 is 0 Å². The van der Waals surface area contributed by atoms with Crippen LogP contribution in [0.15, 0.2) is 29.4 Å². The van der Waals surface area contributed by atoms with Gasteiger partial charge in [0.25, 0.3) is 0 Å². The summed E-state index contributed by atoms with van der Waals surface area (Å²) in [6, 6.07) is 6.12. The number of halogens is 1. The number of benzene rings is 1. The van der Waals surface area contributed by atoms with E-state index in [0.29, 0.717) is 16.9 Å². The Balaban J connectivity index is 1.53. The van der Waals surface area contributed by atoms with Crippen molar-refractivity contribution in [2.24, 2.45) is 5.92 Å². The fraction of sp³-hybridized carbons (Fsp3) is 0.500. The van der Waals surface area contributed by atoms with Gasteiger partial charge in [0.05, 0.1) is 5.75 Å². The fourth-order valence-electron chi connectivity index (χ4n) is 2.63. The molecule has 3 rings (SSSR count). The van der Waals surface area contributed by atoms with E-state index < -0.39 is 5.82 Å². The number of para-hydroxylation sites is 1. The summed E-state index contributed by atoms with van der Waals surface area (Å²) in [5, 5.41) is 8.41. The molecule has 0 saturated heterocycles. The molecule has 7 nitrogen and oxygen atoms in total. The van der Waals surface area contributed by atoms with Crippen LogP contribution in [-0.4, -0.2) is 44.5 Å². The van der Waals surface area contributed by atoms with E-state index in [1.807, 2.05) is 4.90 Å². The largest absolute Gasteiger partial charge is 0.482 e. The summed E-state index contributed by atoms with van der Waals surface area (Å²) in [4.78, 5) is 14.4. The Morgan fingerprint density at radius 2 is 2.19 bits per heavy atom. The third-order valence-corrected chi connectivity index (χ3v) is 5.20. The van der Waals surface area contributed by atoms with Crippen molar-refractivity contribution in [2.45, 2.75) is 37.9 Å². The highest BCUT2D eigenvalue weighted by atomic mass is 32.2. The molecule has 0 unspecified atom stereocenters. The topological polar surface area (TPSA) is 86.3 Å². The van der Waals surface area contributed by atoms with Crippen molar-refractivity contribution >= 4 is 17.7 Å². The summed E-state index contributed by atoms with van der Waals surface area (Å²) in [5.41, 5.74) is 0. The summed E-state index contributed by atoms with van der Waals surface area (Å²) in [6.45, 7) is 3.67. The SMILES string of the molecule is CCCN(CC1CC1)C(=O)CSc1nnc(COc2ccccc2F)n1N. The number of aromatic nitrogens is 3. The predicted octanol–water partition coefficient (Wildman–Crippen LogP) is 2.45. The van der Waals surface area contributed by atoms with Gasteiger partial charge in [0, 0.05) is 13.1 Å². The zero-order chi connectivity index (χ0) is 19.2. The van der Waals surface area contributed by atoms with Crippen molar-refractivity contribution in [3.8, 4) is 5.75 Å². The van der Waals surface area contributed by atoms with Crippen molar-refractivity contribution in [2.75, 3.05) is 24.7 Å². The minimum absolute atomic E-state index is 0.0113. The van der Waals surface area contributed by atoms with Gasteiger partial charge < -0.3 is 15.5 Å². The Morgan fingerprint density at radius 1 is 1.41 bits per heavy atom. The van der Waals surface area contributed by atoms with Crippen LogP contribution in [0.4, 0.5) is 4.39 Å². The van der Waals surface area contributed by atoms with Gasteiger partial charge in [-0.2, -0.15) is 0 Å². The van der Waals surface area contributed by atoms with E-state index in [1.54, 1.807) is 12.1 Å². The number of thioether (sulfide) groups is 1. The maximum Gasteiger partial charge on any atom is 0.233 e. The number of carbonyl (C=O) groups is 1. The molecule has 0 spiro atoms. The summed E-state index contributed by atoms with van der Waals surface area (Å²) in [6.07, 6.45) is 3.36. The number of hydrogen-bond acceptors (Lipinski definition) is 6. The smallest absolute Gasteiger partial charge is 0.233 e. The van der Waals surface area contributed by atoms with Crippen LogP contribution in [0.25, 0.3) is 0 Å². The minimum atomic E-state index is -0.451. The van der Waals surface area contributed by atoms with Gasteiger partial charge in [-0.05, 0) is 37.3 Å². The Morgan fingerprint density at radius 3 is 2.89 bits per heavy atom. The van der Waals surface area contributed by atoms with Crippen molar-refractivity contribution in [3.63, 3.8) is 0 Å². The Hall–Kier alpha value is -2.29. The van der Waals surface area contributed by atoms with E-state index in [0.717, 1.165) is 19.5 Å². The van der Waals surface area contributed by atoms with E-state index in [2.05, 4.69) is 17.1 Å². The summed E-state index contributed by atoms with van der Waals surface area (Å²) >= 11 is 1.25. The lowest BCUT2D eigenvalue weighted by Gasteiger charge is -2.21. The average molecular weight is 393 g/mol. The second-order valence-corrected chi connectivity index (χ2v) is 7.50. The Bertz CT molecular complexity index is 781. The molecule has 27 heavy (non-hydrogen) atoms. The first-order chi connectivity index (χ1) is 13.1. The van der Waals surface area contributed by atoms with Gasteiger partial charge in [0.2, 0.25) is 11.1 Å². The molecule has 1 saturated carbocycles. The summed E-state index contributed by atoms with van der Waals surface area (Å²) in [5.74, 6) is 7.02.